The first-order valence-electron chi connectivity index (χ1n) is 6.54. The van der Waals surface area contributed by atoms with Crippen molar-refractivity contribution in [3.8, 4) is 5.82 Å². The smallest absolute Gasteiger partial charge is 0.341 e. The first kappa shape index (κ1) is 15.9. The molecule has 0 spiro atoms. The van der Waals surface area contributed by atoms with E-state index >= 15 is 0 Å². The molecular weight excluding hydrogens is 301 g/mol. The number of carbonyl (C=O) groups excluding carboxylic acids is 1. The molecular formula is C13H13F3N4O2. The molecule has 22 heavy (non-hydrogen) atoms. The molecule has 0 amide bonds. The second-order valence-corrected chi connectivity index (χ2v) is 4.19. The van der Waals surface area contributed by atoms with Crippen LogP contribution in [0.5, 0.6) is 0 Å². The van der Waals surface area contributed by atoms with E-state index in [4.69, 9.17) is 4.74 Å². The number of aryl methyl sites for hydroxylation is 1. The lowest BCUT2D eigenvalue weighted by atomic mass is 10.2. The SMILES string of the molecule is CCOC(=O)c1cnn(-c2ncnc(CC)c2F)c1C(F)F. The van der Waals surface area contributed by atoms with Crippen LogP contribution in [0.15, 0.2) is 12.5 Å². The molecule has 0 saturated carbocycles. The van der Waals surface area contributed by atoms with Gasteiger partial charge in [-0.3, -0.25) is 0 Å². The highest BCUT2D eigenvalue weighted by Crippen LogP contribution is 2.27. The molecule has 0 unspecified atom stereocenters. The van der Waals surface area contributed by atoms with Crippen molar-refractivity contribution in [2.24, 2.45) is 0 Å². The number of rotatable bonds is 5. The molecule has 0 radical (unpaired) electrons. The van der Waals surface area contributed by atoms with Gasteiger partial charge in [-0.2, -0.15) is 5.10 Å². The molecule has 0 saturated heterocycles. The summed E-state index contributed by atoms with van der Waals surface area (Å²) in [5, 5.41) is 3.65. The fraction of sp³-hybridized carbons (Fsp3) is 0.385. The summed E-state index contributed by atoms with van der Waals surface area (Å²) < 4.78 is 46.1. The van der Waals surface area contributed by atoms with Crippen LogP contribution in [0, 0.1) is 5.82 Å². The number of halogens is 3. The number of hydrogen-bond donors (Lipinski definition) is 0. The highest BCUT2D eigenvalue weighted by atomic mass is 19.3. The Morgan fingerprint density at radius 1 is 1.36 bits per heavy atom. The van der Waals surface area contributed by atoms with Gasteiger partial charge < -0.3 is 4.74 Å². The Morgan fingerprint density at radius 3 is 2.68 bits per heavy atom. The van der Waals surface area contributed by atoms with Crippen LogP contribution in [0.4, 0.5) is 13.2 Å². The molecule has 0 aliphatic carbocycles. The Balaban J connectivity index is 2.60. The number of hydrogen-bond acceptors (Lipinski definition) is 5. The number of alkyl halides is 2. The fourth-order valence-electron chi connectivity index (χ4n) is 1.89. The van der Waals surface area contributed by atoms with E-state index in [2.05, 4.69) is 15.1 Å². The van der Waals surface area contributed by atoms with Crippen LogP contribution in [0.2, 0.25) is 0 Å². The number of nitrogens with zero attached hydrogens (tertiary/aromatic N) is 4. The maximum atomic E-state index is 14.2. The number of aromatic nitrogens is 4. The molecule has 6 nitrogen and oxygen atoms in total. The molecule has 118 valence electrons. The molecule has 0 N–H and O–H groups in total. The highest BCUT2D eigenvalue weighted by Gasteiger charge is 2.28. The molecule has 0 aliphatic rings. The van der Waals surface area contributed by atoms with Crippen molar-refractivity contribution < 1.29 is 22.7 Å². The maximum Gasteiger partial charge on any atom is 0.341 e. The minimum atomic E-state index is -3.05. The lowest BCUT2D eigenvalue weighted by Crippen LogP contribution is -2.13. The van der Waals surface area contributed by atoms with E-state index in [1.165, 1.54) is 0 Å². The summed E-state index contributed by atoms with van der Waals surface area (Å²) in [6.45, 7) is 3.23. The number of carbonyl (C=O) groups is 1. The summed E-state index contributed by atoms with van der Waals surface area (Å²) in [5.41, 5.74) is -1.12. The molecule has 0 atom stereocenters. The molecule has 0 aliphatic heterocycles. The van der Waals surface area contributed by atoms with E-state index in [1.807, 2.05) is 0 Å². The molecule has 2 heterocycles. The van der Waals surface area contributed by atoms with Gasteiger partial charge in [0.05, 0.1) is 18.5 Å². The van der Waals surface area contributed by atoms with Crippen LogP contribution in [0.25, 0.3) is 5.82 Å². The zero-order chi connectivity index (χ0) is 16.3. The predicted molar refractivity (Wildman–Crippen MR) is 69.4 cm³/mol. The van der Waals surface area contributed by atoms with Crippen LogP contribution in [0.3, 0.4) is 0 Å². The van der Waals surface area contributed by atoms with Gasteiger partial charge >= 0.3 is 5.97 Å². The van der Waals surface area contributed by atoms with Crippen molar-refractivity contribution in [2.75, 3.05) is 6.61 Å². The Hall–Kier alpha value is -2.45. The Morgan fingerprint density at radius 2 is 2.09 bits per heavy atom. The summed E-state index contributed by atoms with van der Waals surface area (Å²) in [6, 6.07) is 0. The number of ether oxygens (including phenoxy) is 1. The lowest BCUT2D eigenvalue weighted by Gasteiger charge is -2.09. The first-order chi connectivity index (χ1) is 10.5. The minimum Gasteiger partial charge on any atom is -0.462 e. The van der Waals surface area contributed by atoms with Crippen molar-refractivity contribution >= 4 is 5.97 Å². The summed E-state index contributed by atoms with van der Waals surface area (Å²) >= 11 is 0. The van der Waals surface area contributed by atoms with E-state index in [0.29, 0.717) is 4.68 Å². The second kappa shape index (κ2) is 6.54. The van der Waals surface area contributed by atoms with Crippen LogP contribution in [-0.4, -0.2) is 32.3 Å². The third-order valence-electron chi connectivity index (χ3n) is 2.89. The Labute approximate surface area is 123 Å². The van der Waals surface area contributed by atoms with Gasteiger partial charge in [0, 0.05) is 0 Å². The van der Waals surface area contributed by atoms with Crippen molar-refractivity contribution in [1.29, 1.82) is 0 Å². The van der Waals surface area contributed by atoms with Gasteiger partial charge in [0.25, 0.3) is 6.43 Å². The summed E-state index contributed by atoms with van der Waals surface area (Å²) in [4.78, 5) is 19.1. The quantitative estimate of drug-likeness (QED) is 0.793. The van der Waals surface area contributed by atoms with Gasteiger partial charge in [-0.1, -0.05) is 6.92 Å². The first-order valence-corrected chi connectivity index (χ1v) is 6.54. The fourth-order valence-corrected chi connectivity index (χ4v) is 1.89. The van der Waals surface area contributed by atoms with Crippen molar-refractivity contribution in [3.63, 3.8) is 0 Å². The summed E-state index contributed by atoms with van der Waals surface area (Å²) in [5.74, 6) is -2.24. The normalized spacial score (nSPS) is 11.0. The Bertz CT molecular complexity index is 688. The Kier molecular flexibility index (Phi) is 4.74. The molecule has 0 aromatic carbocycles. The van der Waals surface area contributed by atoms with Gasteiger partial charge in [-0.05, 0) is 13.3 Å². The standard InChI is InChI=1S/C13H13F3N4O2/c1-3-8-9(14)12(18-6-17-8)20-10(11(15)16)7(5-19-20)13(21)22-4-2/h5-6,11H,3-4H2,1-2H3. The van der Waals surface area contributed by atoms with E-state index in [9.17, 15) is 18.0 Å². The molecule has 2 aromatic rings. The topological polar surface area (TPSA) is 69.9 Å². The van der Waals surface area contributed by atoms with Crippen molar-refractivity contribution in [3.05, 3.63) is 35.3 Å². The zero-order valence-corrected chi connectivity index (χ0v) is 11.9. The van der Waals surface area contributed by atoms with Crippen molar-refractivity contribution in [2.45, 2.75) is 26.7 Å². The van der Waals surface area contributed by atoms with Gasteiger partial charge in [0.15, 0.2) is 11.6 Å². The van der Waals surface area contributed by atoms with E-state index in [0.717, 1.165) is 12.5 Å². The molecule has 9 heteroatoms. The van der Waals surface area contributed by atoms with E-state index < -0.39 is 35.3 Å². The third kappa shape index (κ3) is 2.78. The molecule has 0 bridgehead atoms. The average Bonchev–Trinajstić information content (AvgIpc) is 2.92. The van der Waals surface area contributed by atoms with Crippen molar-refractivity contribution in [1.82, 2.24) is 19.7 Å². The van der Waals surface area contributed by atoms with E-state index in [1.54, 1.807) is 13.8 Å². The maximum absolute atomic E-state index is 14.2. The van der Waals surface area contributed by atoms with Crippen LogP contribution in [-0.2, 0) is 11.2 Å². The largest absolute Gasteiger partial charge is 0.462 e. The second-order valence-electron chi connectivity index (χ2n) is 4.19. The van der Waals surface area contributed by atoms with Gasteiger partial charge in [-0.25, -0.2) is 32.6 Å². The molecule has 0 fully saturated rings. The zero-order valence-electron chi connectivity index (χ0n) is 11.9. The van der Waals surface area contributed by atoms with Gasteiger partial charge in [0.2, 0.25) is 0 Å². The van der Waals surface area contributed by atoms with Crippen LogP contribution >= 0.6 is 0 Å². The number of esters is 1. The highest BCUT2D eigenvalue weighted by molar-refractivity contribution is 5.90. The molecule has 2 aromatic heterocycles. The summed E-state index contributed by atoms with van der Waals surface area (Å²) in [7, 11) is 0. The van der Waals surface area contributed by atoms with Crippen LogP contribution < -0.4 is 0 Å². The predicted octanol–water partition coefficient (Wildman–Crippen LogP) is 2.48. The lowest BCUT2D eigenvalue weighted by molar-refractivity contribution is 0.0514. The monoisotopic (exact) mass is 314 g/mol. The summed E-state index contributed by atoms with van der Waals surface area (Å²) in [6.07, 6.45) is -0.830. The van der Waals surface area contributed by atoms with Gasteiger partial charge in [0.1, 0.15) is 17.6 Å². The molecule has 2 rings (SSSR count). The average molecular weight is 314 g/mol. The van der Waals surface area contributed by atoms with Gasteiger partial charge in [-0.15, -0.1) is 0 Å². The minimum absolute atomic E-state index is 0.0224. The van der Waals surface area contributed by atoms with Crippen LogP contribution in [0.1, 0.15) is 42.0 Å². The third-order valence-corrected chi connectivity index (χ3v) is 2.89. The van der Waals surface area contributed by atoms with E-state index in [-0.39, 0.29) is 18.7 Å².